The van der Waals surface area contributed by atoms with Gasteiger partial charge >= 0.3 is 0 Å². The van der Waals surface area contributed by atoms with Crippen molar-refractivity contribution in [2.45, 2.75) is 44.6 Å². The first-order chi connectivity index (χ1) is 13.5. The summed E-state index contributed by atoms with van der Waals surface area (Å²) in [5, 5.41) is 0. The summed E-state index contributed by atoms with van der Waals surface area (Å²) in [6, 6.07) is 7.35. The number of benzene rings is 2. The van der Waals surface area contributed by atoms with Crippen LogP contribution in [-0.2, 0) is 4.74 Å². The number of rotatable bonds is 7. The van der Waals surface area contributed by atoms with Crippen molar-refractivity contribution in [1.29, 1.82) is 0 Å². The molecule has 5 heteroatoms. The van der Waals surface area contributed by atoms with E-state index in [-0.39, 0.29) is 28.9 Å². The summed E-state index contributed by atoms with van der Waals surface area (Å²) in [6.07, 6.45) is 5.14. The summed E-state index contributed by atoms with van der Waals surface area (Å²) in [5.41, 5.74) is 0.709. The molecule has 2 aromatic carbocycles. The second kappa shape index (κ2) is 9.28. The lowest BCUT2D eigenvalue weighted by molar-refractivity contribution is 0.0328. The molecule has 1 heterocycles. The highest BCUT2D eigenvalue weighted by Gasteiger charge is 2.23. The van der Waals surface area contributed by atoms with Gasteiger partial charge in [-0.3, -0.25) is 0 Å². The zero-order valence-corrected chi connectivity index (χ0v) is 16.0. The van der Waals surface area contributed by atoms with Crippen LogP contribution in [0.5, 0.6) is 5.75 Å². The van der Waals surface area contributed by atoms with Crippen molar-refractivity contribution in [2.24, 2.45) is 0 Å². The SMILES string of the molecule is C=CC1CCC(c2ccc(-c3ccc(OCCCC)c(F)c3F)c(F)c2)CO1. The zero-order chi connectivity index (χ0) is 20.1. The maximum absolute atomic E-state index is 14.7. The van der Waals surface area contributed by atoms with Crippen molar-refractivity contribution >= 4 is 0 Å². The van der Waals surface area contributed by atoms with E-state index in [0.717, 1.165) is 31.2 Å². The maximum atomic E-state index is 14.7. The van der Waals surface area contributed by atoms with Crippen LogP contribution in [0.1, 0.15) is 44.1 Å². The van der Waals surface area contributed by atoms with Crippen molar-refractivity contribution in [1.82, 2.24) is 0 Å². The van der Waals surface area contributed by atoms with Gasteiger partial charge < -0.3 is 9.47 Å². The second-order valence-corrected chi connectivity index (χ2v) is 7.06. The molecule has 2 unspecified atom stereocenters. The Morgan fingerprint density at radius 3 is 2.54 bits per heavy atom. The highest BCUT2D eigenvalue weighted by atomic mass is 19.2. The second-order valence-electron chi connectivity index (χ2n) is 7.06. The molecule has 28 heavy (non-hydrogen) atoms. The lowest BCUT2D eigenvalue weighted by Gasteiger charge is -2.27. The normalized spacial score (nSPS) is 19.4. The summed E-state index contributed by atoms with van der Waals surface area (Å²) in [5.74, 6) is -2.84. The van der Waals surface area contributed by atoms with E-state index in [1.807, 2.05) is 6.92 Å². The lowest BCUT2D eigenvalue weighted by Crippen LogP contribution is -2.23. The van der Waals surface area contributed by atoms with Crippen LogP contribution in [-0.4, -0.2) is 19.3 Å². The van der Waals surface area contributed by atoms with Gasteiger partial charge in [-0.05, 0) is 43.0 Å². The number of unbranched alkanes of at least 4 members (excludes halogenated alkanes) is 1. The predicted molar refractivity (Wildman–Crippen MR) is 104 cm³/mol. The minimum atomic E-state index is -1.10. The molecule has 0 amide bonds. The molecule has 0 saturated carbocycles. The largest absolute Gasteiger partial charge is 0.490 e. The van der Waals surface area contributed by atoms with Gasteiger partial charge in [-0.1, -0.05) is 31.6 Å². The minimum absolute atomic E-state index is 0.0287. The molecule has 1 aliphatic rings. The molecule has 0 aliphatic carbocycles. The van der Waals surface area contributed by atoms with Crippen molar-refractivity contribution < 1.29 is 22.6 Å². The van der Waals surface area contributed by atoms with Crippen molar-refractivity contribution in [2.75, 3.05) is 13.2 Å². The summed E-state index contributed by atoms with van der Waals surface area (Å²) in [7, 11) is 0. The van der Waals surface area contributed by atoms with Crippen molar-refractivity contribution in [3.63, 3.8) is 0 Å². The summed E-state index contributed by atoms with van der Waals surface area (Å²) >= 11 is 0. The van der Waals surface area contributed by atoms with Gasteiger partial charge in [-0.25, -0.2) is 8.78 Å². The van der Waals surface area contributed by atoms with Crippen molar-refractivity contribution in [3.8, 4) is 16.9 Å². The highest BCUT2D eigenvalue weighted by Crippen LogP contribution is 2.34. The molecular weight excluding hydrogens is 365 g/mol. The fraction of sp³-hybridized carbons (Fsp3) is 0.391. The Labute approximate surface area is 164 Å². The van der Waals surface area contributed by atoms with E-state index < -0.39 is 17.5 Å². The first-order valence-electron chi connectivity index (χ1n) is 9.69. The van der Waals surface area contributed by atoms with E-state index >= 15 is 0 Å². The van der Waals surface area contributed by atoms with Crippen LogP contribution < -0.4 is 4.74 Å². The molecule has 0 bridgehead atoms. The van der Waals surface area contributed by atoms with Gasteiger partial charge in [0.1, 0.15) is 5.82 Å². The predicted octanol–water partition coefficient (Wildman–Crippen LogP) is 6.40. The summed E-state index contributed by atoms with van der Waals surface area (Å²) < 4.78 is 54.5. The third-order valence-electron chi connectivity index (χ3n) is 5.13. The molecule has 1 fully saturated rings. The van der Waals surface area contributed by atoms with Gasteiger partial charge in [-0.15, -0.1) is 6.58 Å². The van der Waals surface area contributed by atoms with Gasteiger partial charge in [-0.2, -0.15) is 4.39 Å². The van der Waals surface area contributed by atoms with Crippen LogP contribution in [0.2, 0.25) is 0 Å². The Balaban J connectivity index is 1.80. The van der Waals surface area contributed by atoms with Crippen LogP contribution in [0.15, 0.2) is 43.0 Å². The smallest absolute Gasteiger partial charge is 0.201 e. The van der Waals surface area contributed by atoms with E-state index in [0.29, 0.717) is 13.2 Å². The van der Waals surface area contributed by atoms with E-state index in [9.17, 15) is 13.2 Å². The Morgan fingerprint density at radius 2 is 1.89 bits per heavy atom. The standard InChI is InChI=1S/C23H25F3O2/c1-3-5-12-27-21-11-10-19(22(25)23(21)26)18-9-7-15(13-20(18)24)16-6-8-17(4-2)28-14-16/h4,7,9-11,13,16-17H,2-3,5-6,8,12,14H2,1H3. The van der Waals surface area contributed by atoms with E-state index in [4.69, 9.17) is 9.47 Å². The quantitative estimate of drug-likeness (QED) is 0.402. The van der Waals surface area contributed by atoms with E-state index in [1.165, 1.54) is 24.3 Å². The molecular formula is C23H25F3O2. The van der Waals surface area contributed by atoms with Crippen LogP contribution in [0.3, 0.4) is 0 Å². The lowest BCUT2D eigenvalue weighted by atomic mass is 9.90. The molecule has 0 aromatic heterocycles. The topological polar surface area (TPSA) is 18.5 Å². The first kappa shape index (κ1) is 20.5. The first-order valence-corrected chi connectivity index (χ1v) is 9.69. The fourth-order valence-corrected chi connectivity index (χ4v) is 3.40. The highest BCUT2D eigenvalue weighted by molar-refractivity contribution is 5.66. The third kappa shape index (κ3) is 4.41. The van der Waals surface area contributed by atoms with Gasteiger partial charge in [0.2, 0.25) is 5.82 Å². The Bertz CT molecular complexity index is 827. The number of halogens is 3. The molecule has 0 radical (unpaired) electrons. The van der Waals surface area contributed by atoms with Gasteiger partial charge in [0.25, 0.3) is 0 Å². The molecule has 3 rings (SSSR count). The molecule has 0 N–H and O–H groups in total. The number of ether oxygens (including phenoxy) is 2. The average Bonchev–Trinajstić information content (AvgIpc) is 2.72. The zero-order valence-electron chi connectivity index (χ0n) is 16.0. The maximum Gasteiger partial charge on any atom is 0.201 e. The Hall–Kier alpha value is -2.27. The van der Waals surface area contributed by atoms with Crippen LogP contribution >= 0.6 is 0 Å². The van der Waals surface area contributed by atoms with E-state index in [2.05, 4.69) is 6.58 Å². The molecule has 0 spiro atoms. The number of hydrogen-bond donors (Lipinski definition) is 0. The number of hydrogen-bond acceptors (Lipinski definition) is 2. The summed E-state index contributed by atoms with van der Waals surface area (Å²) in [4.78, 5) is 0. The van der Waals surface area contributed by atoms with Gasteiger partial charge in [0, 0.05) is 17.0 Å². The van der Waals surface area contributed by atoms with Crippen LogP contribution in [0, 0.1) is 17.5 Å². The Kier molecular flexibility index (Phi) is 6.79. The fourth-order valence-electron chi connectivity index (χ4n) is 3.40. The average molecular weight is 390 g/mol. The van der Waals surface area contributed by atoms with Gasteiger partial charge in [0.15, 0.2) is 11.6 Å². The van der Waals surface area contributed by atoms with Crippen LogP contribution in [0.4, 0.5) is 13.2 Å². The van der Waals surface area contributed by atoms with E-state index in [1.54, 1.807) is 12.1 Å². The third-order valence-corrected chi connectivity index (χ3v) is 5.13. The molecule has 2 nitrogen and oxygen atoms in total. The van der Waals surface area contributed by atoms with Gasteiger partial charge in [0.05, 0.1) is 19.3 Å². The molecule has 150 valence electrons. The monoisotopic (exact) mass is 390 g/mol. The molecule has 1 aliphatic heterocycles. The molecule has 2 aromatic rings. The van der Waals surface area contributed by atoms with Crippen LogP contribution in [0.25, 0.3) is 11.1 Å². The molecule has 1 saturated heterocycles. The molecule has 2 atom stereocenters. The summed E-state index contributed by atoms with van der Waals surface area (Å²) in [6.45, 7) is 6.50. The minimum Gasteiger partial charge on any atom is -0.490 e. The Morgan fingerprint density at radius 1 is 1.11 bits per heavy atom. The van der Waals surface area contributed by atoms with Crippen molar-refractivity contribution in [3.05, 3.63) is 66.0 Å².